The van der Waals surface area contributed by atoms with Crippen LogP contribution in [0.4, 0.5) is 24.8 Å². The third-order valence-corrected chi connectivity index (χ3v) is 7.69. The average Bonchev–Trinajstić information content (AvgIpc) is 3.63. The predicted molar refractivity (Wildman–Crippen MR) is 145 cm³/mol. The van der Waals surface area contributed by atoms with Gasteiger partial charge in [0.2, 0.25) is 5.91 Å². The van der Waals surface area contributed by atoms with Crippen LogP contribution < -0.4 is 11.1 Å². The molecule has 0 aliphatic carbocycles. The van der Waals surface area contributed by atoms with E-state index >= 15 is 0 Å². The third kappa shape index (κ3) is 4.47. The van der Waals surface area contributed by atoms with E-state index in [0.717, 1.165) is 31.3 Å². The van der Waals surface area contributed by atoms with Gasteiger partial charge in [0.1, 0.15) is 34.7 Å². The Hall–Kier alpha value is -4.78. The van der Waals surface area contributed by atoms with Crippen LogP contribution in [0.3, 0.4) is 0 Å². The Morgan fingerprint density at radius 2 is 1.90 bits per heavy atom. The molecular formula is C28H25F3N8O2. The molecule has 3 atom stereocenters. The molecule has 2 aliphatic heterocycles. The van der Waals surface area contributed by atoms with Crippen LogP contribution in [0, 0.1) is 0 Å². The van der Waals surface area contributed by atoms with Gasteiger partial charge in [-0.25, -0.2) is 15.0 Å². The minimum Gasteiger partial charge on any atom is -0.382 e. The summed E-state index contributed by atoms with van der Waals surface area (Å²) in [5, 5.41) is 2.40. The van der Waals surface area contributed by atoms with E-state index in [1.165, 1.54) is 18.2 Å². The Morgan fingerprint density at radius 3 is 2.61 bits per heavy atom. The number of hydrogen-bond acceptors (Lipinski definition) is 7. The summed E-state index contributed by atoms with van der Waals surface area (Å²) >= 11 is 0. The maximum atomic E-state index is 13.0. The number of nitrogens with two attached hydrogens (primary N) is 1. The van der Waals surface area contributed by atoms with Crippen molar-refractivity contribution in [1.29, 1.82) is 0 Å². The highest BCUT2D eigenvalue weighted by Gasteiger charge is 2.52. The maximum Gasteiger partial charge on any atom is 0.416 e. The van der Waals surface area contributed by atoms with Gasteiger partial charge in [0, 0.05) is 48.3 Å². The van der Waals surface area contributed by atoms with Crippen molar-refractivity contribution in [3.8, 4) is 11.3 Å². The average molecular weight is 563 g/mol. The van der Waals surface area contributed by atoms with E-state index in [1.54, 1.807) is 24.5 Å². The normalized spacial score (nSPS) is 20.5. The number of hydrogen-bond donors (Lipinski definition) is 2. The van der Waals surface area contributed by atoms with Crippen molar-refractivity contribution in [2.45, 2.75) is 30.7 Å². The van der Waals surface area contributed by atoms with Crippen LogP contribution in [0.5, 0.6) is 0 Å². The van der Waals surface area contributed by atoms with Gasteiger partial charge in [0.15, 0.2) is 0 Å². The van der Waals surface area contributed by atoms with E-state index < -0.39 is 17.6 Å². The van der Waals surface area contributed by atoms with Crippen molar-refractivity contribution in [2.75, 3.05) is 24.6 Å². The highest BCUT2D eigenvalue weighted by Crippen LogP contribution is 2.45. The lowest BCUT2D eigenvalue weighted by Gasteiger charge is -2.38. The van der Waals surface area contributed by atoms with Crippen LogP contribution in [-0.4, -0.2) is 66.6 Å². The summed E-state index contributed by atoms with van der Waals surface area (Å²) in [6, 6.07) is 7.79. The number of anilines is 2. The van der Waals surface area contributed by atoms with Gasteiger partial charge in [-0.2, -0.15) is 13.2 Å². The summed E-state index contributed by atoms with van der Waals surface area (Å²) in [5.41, 5.74) is 7.32. The molecule has 41 heavy (non-hydrogen) atoms. The molecule has 0 radical (unpaired) electrons. The number of nitrogens with one attached hydrogen (secondary N) is 1. The highest BCUT2D eigenvalue weighted by atomic mass is 19.4. The number of alkyl halides is 3. The molecule has 0 saturated carbocycles. The first-order valence-corrected chi connectivity index (χ1v) is 12.8. The smallest absolute Gasteiger partial charge is 0.382 e. The Bertz CT molecular complexity index is 1680. The van der Waals surface area contributed by atoms with Crippen molar-refractivity contribution in [3.63, 3.8) is 0 Å². The number of aromatic nitrogens is 4. The molecule has 210 valence electrons. The van der Waals surface area contributed by atoms with Crippen molar-refractivity contribution in [1.82, 2.24) is 29.2 Å². The monoisotopic (exact) mass is 562 g/mol. The van der Waals surface area contributed by atoms with Gasteiger partial charge in [-0.1, -0.05) is 18.7 Å². The fourth-order valence-corrected chi connectivity index (χ4v) is 5.84. The SMILES string of the molecule is C=CC(=O)N1C2C[C@@H](C1c1nc(-c3ccc(C(=O)Nc4cc(C(F)(F)F)ccn4)cc3)c3c(N)nccn13)N(C)C2. The van der Waals surface area contributed by atoms with Gasteiger partial charge in [0.05, 0.1) is 5.56 Å². The third-order valence-electron chi connectivity index (χ3n) is 7.69. The van der Waals surface area contributed by atoms with Crippen LogP contribution in [0.2, 0.25) is 0 Å². The number of pyridine rings is 1. The Balaban J connectivity index is 1.34. The number of halogens is 3. The van der Waals surface area contributed by atoms with Crippen molar-refractivity contribution < 1.29 is 22.8 Å². The molecule has 2 aliphatic rings. The van der Waals surface area contributed by atoms with E-state index in [2.05, 4.69) is 26.8 Å². The maximum absolute atomic E-state index is 13.0. The van der Waals surface area contributed by atoms with Crippen molar-refractivity contribution in [2.24, 2.45) is 0 Å². The summed E-state index contributed by atoms with van der Waals surface area (Å²) in [5.74, 6) is -0.121. The van der Waals surface area contributed by atoms with E-state index in [-0.39, 0.29) is 41.2 Å². The topological polar surface area (TPSA) is 122 Å². The lowest BCUT2D eigenvalue weighted by atomic mass is 10.1. The molecule has 5 heterocycles. The van der Waals surface area contributed by atoms with Crippen molar-refractivity contribution >= 4 is 29.0 Å². The van der Waals surface area contributed by atoms with Crippen molar-refractivity contribution in [3.05, 3.63) is 84.6 Å². The fourth-order valence-electron chi connectivity index (χ4n) is 5.84. The molecule has 13 heteroatoms. The number of amides is 2. The minimum absolute atomic E-state index is 0.0413. The summed E-state index contributed by atoms with van der Waals surface area (Å²) in [4.78, 5) is 42.7. The molecular weight excluding hydrogens is 537 g/mol. The zero-order valence-corrected chi connectivity index (χ0v) is 21.8. The van der Waals surface area contributed by atoms with E-state index in [0.29, 0.717) is 22.6 Å². The number of piperazine rings is 1. The van der Waals surface area contributed by atoms with Gasteiger partial charge in [0.25, 0.3) is 5.91 Å². The minimum atomic E-state index is -4.56. The van der Waals surface area contributed by atoms with Crippen LogP contribution >= 0.6 is 0 Å². The lowest BCUT2D eigenvalue weighted by molar-refractivity contribution is -0.137. The largest absolute Gasteiger partial charge is 0.416 e. The number of nitrogens with zero attached hydrogens (tertiary/aromatic N) is 6. The molecule has 4 aromatic rings. The number of carbonyl (C=O) groups excluding carboxylic acids is 2. The number of likely N-dealkylation sites (N-methyl/N-ethyl adjacent to an activating group) is 1. The van der Waals surface area contributed by atoms with Crippen LogP contribution in [-0.2, 0) is 11.0 Å². The summed E-state index contributed by atoms with van der Waals surface area (Å²) in [6.07, 6.45) is 1.89. The Kier molecular flexibility index (Phi) is 6.25. The molecule has 2 amide bonds. The number of likely N-dealkylation sites (tertiary alicyclic amines) is 2. The van der Waals surface area contributed by atoms with E-state index in [9.17, 15) is 22.8 Å². The molecule has 6 rings (SSSR count). The van der Waals surface area contributed by atoms with Gasteiger partial charge < -0.3 is 16.0 Å². The van der Waals surface area contributed by atoms with Crippen LogP contribution in [0.25, 0.3) is 16.8 Å². The number of benzene rings is 1. The number of rotatable bonds is 5. The molecule has 10 nitrogen and oxygen atoms in total. The van der Waals surface area contributed by atoms with E-state index in [4.69, 9.17) is 10.7 Å². The Labute approximate surface area is 232 Å². The van der Waals surface area contributed by atoms with Gasteiger partial charge in [-0.05, 0) is 43.8 Å². The molecule has 1 aromatic carbocycles. The second kappa shape index (κ2) is 9.70. The first kappa shape index (κ1) is 26.4. The van der Waals surface area contributed by atoms with Gasteiger partial charge in [-0.15, -0.1) is 0 Å². The number of nitrogen functional groups attached to an aromatic ring is 1. The first-order chi connectivity index (χ1) is 19.6. The molecule has 3 N–H and O–H groups in total. The van der Waals surface area contributed by atoms with Gasteiger partial charge >= 0.3 is 6.18 Å². The summed E-state index contributed by atoms with van der Waals surface area (Å²) in [7, 11) is 2.03. The standard InChI is InChI=1S/C28H25F3N8O2/c1-3-21(40)39-18-13-19(37(2)14-18)23(39)26-36-22(24-25(32)34-10-11-38(24)26)15-4-6-16(7-5-15)27(41)35-20-12-17(8-9-33-20)28(29,30)31/h3-12,18-19,23H,1,13-14H2,2H3,(H2,32,34)(H,33,35,41)/t18?,19-,23?/m0/s1. The quantitative estimate of drug-likeness (QED) is 0.355. The molecule has 2 unspecified atom stereocenters. The Morgan fingerprint density at radius 1 is 1.15 bits per heavy atom. The zero-order valence-electron chi connectivity index (χ0n) is 21.8. The van der Waals surface area contributed by atoms with Gasteiger partial charge in [-0.3, -0.25) is 18.9 Å². The number of carbonyl (C=O) groups is 2. The molecule has 2 fully saturated rings. The lowest BCUT2D eigenvalue weighted by Crippen LogP contribution is -2.49. The van der Waals surface area contributed by atoms with E-state index in [1.807, 2.05) is 16.3 Å². The fraction of sp³-hybridized carbons (Fsp3) is 0.250. The summed E-state index contributed by atoms with van der Waals surface area (Å²) < 4.78 is 40.9. The summed E-state index contributed by atoms with van der Waals surface area (Å²) in [6.45, 7) is 4.44. The molecule has 2 bridgehead atoms. The number of fused-ring (bicyclic) bond motifs is 3. The molecule has 2 saturated heterocycles. The van der Waals surface area contributed by atoms with Crippen LogP contribution in [0.1, 0.15) is 34.2 Å². The second-order valence-electron chi connectivity index (χ2n) is 10.1. The van der Waals surface area contributed by atoms with Crippen LogP contribution in [0.15, 0.2) is 67.6 Å². The predicted octanol–water partition coefficient (Wildman–Crippen LogP) is 3.79. The highest BCUT2D eigenvalue weighted by molar-refractivity contribution is 6.04. The zero-order chi connectivity index (χ0) is 29.1. The molecule has 3 aromatic heterocycles. The second-order valence-corrected chi connectivity index (χ2v) is 10.1. The number of imidazole rings is 1. The molecule has 0 spiro atoms. The first-order valence-electron chi connectivity index (χ1n) is 12.8.